The molecule has 1 aliphatic rings. The smallest absolute Gasteiger partial charge is 0.149 e. The van der Waals surface area contributed by atoms with E-state index in [2.05, 4.69) is 18.2 Å². The molecule has 3 aromatic rings. The molecule has 0 aliphatic carbocycles. The Hall–Kier alpha value is -2.65. The third kappa shape index (κ3) is 2.71. The summed E-state index contributed by atoms with van der Waals surface area (Å²) in [5.41, 5.74) is 2.07. The van der Waals surface area contributed by atoms with Crippen molar-refractivity contribution in [3.63, 3.8) is 0 Å². The molecule has 0 radical (unpaired) electrons. The molecule has 0 spiro atoms. The molecule has 0 bridgehead atoms. The zero-order valence-electron chi connectivity index (χ0n) is 12.3. The molecule has 0 saturated heterocycles. The average Bonchev–Trinajstić information content (AvgIpc) is 2.62. The molecular formula is C20H14O2S. The number of ether oxygens (including phenoxy) is 1. The first-order valence-corrected chi connectivity index (χ1v) is 8.17. The topological polar surface area (TPSA) is 29.5 Å². The van der Waals surface area contributed by atoms with Crippen molar-refractivity contribution in [3.8, 4) is 11.5 Å². The van der Waals surface area contributed by atoms with Crippen LogP contribution >= 0.6 is 11.8 Å². The highest BCUT2D eigenvalue weighted by molar-refractivity contribution is 8.08. The monoisotopic (exact) mass is 318 g/mol. The van der Waals surface area contributed by atoms with Gasteiger partial charge in [-0.25, -0.2) is 0 Å². The van der Waals surface area contributed by atoms with Crippen molar-refractivity contribution in [1.82, 2.24) is 0 Å². The zero-order valence-corrected chi connectivity index (χ0v) is 13.1. The lowest BCUT2D eigenvalue weighted by atomic mass is 10.1. The van der Waals surface area contributed by atoms with Crippen LogP contribution in [0.3, 0.4) is 0 Å². The van der Waals surface area contributed by atoms with E-state index < -0.39 is 0 Å². The van der Waals surface area contributed by atoms with Crippen molar-refractivity contribution >= 4 is 22.4 Å². The fourth-order valence-corrected chi connectivity index (χ4v) is 3.60. The van der Waals surface area contributed by atoms with Gasteiger partial charge in [0.2, 0.25) is 0 Å². The van der Waals surface area contributed by atoms with E-state index in [1.165, 1.54) is 0 Å². The molecule has 0 saturated carbocycles. The number of phenols is 1. The third-order valence-corrected chi connectivity index (χ3v) is 4.83. The van der Waals surface area contributed by atoms with Gasteiger partial charge in [0.05, 0.1) is 9.80 Å². The Morgan fingerprint density at radius 1 is 0.696 bits per heavy atom. The van der Waals surface area contributed by atoms with E-state index in [9.17, 15) is 5.11 Å². The van der Waals surface area contributed by atoms with Gasteiger partial charge < -0.3 is 9.84 Å². The third-order valence-electron chi connectivity index (χ3n) is 3.64. The van der Waals surface area contributed by atoms with Gasteiger partial charge >= 0.3 is 0 Å². The van der Waals surface area contributed by atoms with Crippen molar-refractivity contribution < 1.29 is 9.84 Å². The highest BCUT2D eigenvalue weighted by atomic mass is 32.2. The normalized spacial score (nSPS) is 13.4. The van der Waals surface area contributed by atoms with E-state index in [0.717, 1.165) is 32.4 Å². The molecule has 0 aromatic heterocycles. The first-order valence-electron chi connectivity index (χ1n) is 7.35. The Morgan fingerprint density at radius 2 is 1.39 bits per heavy atom. The number of aromatic hydroxyl groups is 1. The van der Waals surface area contributed by atoms with Crippen LogP contribution in [-0.2, 0) is 0 Å². The Morgan fingerprint density at radius 3 is 2.17 bits per heavy atom. The van der Waals surface area contributed by atoms with Gasteiger partial charge in [-0.05, 0) is 42.0 Å². The fourth-order valence-electron chi connectivity index (χ4n) is 2.51. The molecule has 4 rings (SSSR count). The summed E-state index contributed by atoms with van der Waals surface area (Å²) in [6, 6.07) is 25.4. The summed E-state index contributed by atoms with van der Waals surface area (Å²) in [6.45, 7) is 0. The van der Waals surface area contributed by atoms with Gasteiger partial charge in [0, 0.05) is 5.56 Å². The second-order valence-electron chi connectivity index (χ2n) is 5.22. The maximum Gasteiger partial charge on any atom is 0.149 e. The summed E-state index contributed by atoms with van der Waals surface area (Å²) in [6.07, 6.45) is 0. The second kappa shape index (κ2) is 5.86. The molecule has 2 nitrogen and oxygen atoms in total. The van der Waals surface area contributed by atoms with Crippen LogP contribution in [0.1, 0.15) is 11.1 Å². The van der Waals surface area contributed by atoms with Gasteiger partial charge in [0.1, 0.15) is 17.3 Å². The van der Waals surface area contributed by atoms with E-state index in [0.29, 0.717) is 0 Å². The minimum atomic E-state index is 0.250. The average molecular weight is 318 g/mol. The molecule has 1 N–H and O–H groups in total. The molecule has 0 atom stereocenters. The Kier molecular flexibility index (Phi) is 3.56. The summed E-state index contributed by atoms with van der Waals surface area (Å²) in [5.74, 6) is 1.93. The summed E-state index contributed by atoms with van der Waals surface area (Å²) in [7, 11) is 0. The number of hydrogen-bond donors (Lipinski definition) is 1. The summed E-state index contributed by atoms with van der Waals surface area (Å²) in [5, 5.41) is 9.53. The lowest BCUT2D eigenvalue weighted by molar-refractivity contribution is 0.474. The SMILES string of the molecule is Oc1ccc(C2=C(c3ccccc3)Sc3ccccc3O2)cc1. The van der Waals surface area contributed by atoms with Crippen molar-refractivity contribution in [1.29, 1.82) is 0 Å². The summed E-state index contributed by atoms with van der Waals surface area (Å²) in [4.78, 5) is 2.18. The first-order chi connectivity index (χ1) is 11.3. The Labute approximate surface area is 139 Å². The number of benzene rings is 3. The highest BCUT2D eigenvalue weighted by Crippen LogP contribution is 2.48. The van der Waals surface area contributed by atoms with Gasteiger partial charge in [-0.2, -0.15) is 0 Å². The number of phenolic OH excluding ortho intramolecular Hbond substituents is 1. The molecule has 1 heterocycles. The van der Waals surface area contributed by atoms with Crippen LogP contribution in [0.4, 0.5) is 0 Å². The number of hydrogen-bond acceptors (Lipinski definition) is 3. The second-order valence-corrected chi connectivity index (χ2v) is 6.27. The number of rotatable bonds is 2. The van der Waals surface area contributed by atoms with Gasteiger partial charge in [-0.3, -0.25) is 0 Å². The van der Waals surface area contributed by atoms with E-state index in [1.54, 1.807) is 23.9 Å². The van der Waals surface area contributed by atoms with E-state index >= 15 is 0 Å². The first kappa shape index (κ1) is 14.0. The van der Waals surface area contributed by atoms with Crippen LogP contribution in [0.2, 0.25) is 0 Å². The molecule has 1 aliphatic heterocycles. The minimum Gasteiger partial charge on any atom is -0.508 e. The lowest BCUT2D eigenvalue weighted by Gasteiger charge is -2.23. The van der Waals surface area contributed by atoms with Gasteiger partial charge in [-0.15, -0.1) is 0 Å². The Bertz CT molecular complexity index is 868. The van der Waals surface area contributed by atoms with Crippen LogP contribution in [0, 0.1) is 0 Å². The molecule has 112 valence electrons. The summed E-state index contributed by atoms with van der Waals surface area (Å²) >= 11 is 1.71. The molecule has 3 aromatic carbocycles. The van der Waals surface area contributed by atoms with Crippen LogP contribution in [0.5, 0.6) is 11.5 Å². The zero-order chi connectivity index (χ0) is 15.6. The Balaban J connectivity index is 1.88. The van der Waals surface area contributed by atoms with Gasteiger partial charge in [-0.1, -0.05) is 54.2 Å². The van der Waals surface area contributed by atoms with E-state index in [1.807, 2.05) is 48.5 Å². The van der Waals surface area contributed by atoms with E-state index in [4.69, 9.17) is 4.74 Å². The van der Waals surface area contributed by atoms with Crippen LogP contribution in [0.25, 0.3) is 10.7 Å². The molecule has 0 unspecified atom stereocenters. The predicted octanol–water partition coefficient (Wildman–Crippen LogP) is 5.40. The largest absolute Gasteiger partial charge is 0.508 e. The van der Waals surface area contributed by atoms with Crippen LogP contribution in [-0.4, -0.2) is 5.11 Å². The van der Waals surface area contributed by atoms with Gasteiger partial charge in [0.25, 0.3) is 0 Å². The van der Waals surface area contributed by atoms with Crippen LogP contribution in [0.15, 0.2) is 83.8 Å². The van der Waals surface area contributed by atoms with Crippen molar-refractivity contribution in [3.05, 3.63) is 90.0 Å². The maximum atomic E-state index is 9.53. The fraction of sp³-hybridized carbons (Fsp3) is 0. The number of para-hydroxylation sites is 1. The molecule has 0 amide bonds. The molecular weight excluding hydrogens is 304 g/mol. The number of thioether (sulfide) groups is 1. The molecule has 0 fully saturated rings. The van der Waals surface area contributed by atoms with Crippen molar-refractivity contribution in [2.24, 2.45) is 0 Å². The van der Waals surface area contributed by atoms with E-state index in [-0.39, 0.29) is 5.75 Å². The number of fused-ring (bicyclic) bond motifs is 1. The maximum absolute atomic E-state index is 9.53. The molecule has 3 heteroatoms. The molecule has 23 heavy (non-hydrogen) atoms. The van der Waals surface area contributed by atoms with Gasteiger partial charge in [0.15, 0.2) is 0 Å². The quantitative estimate of drug-likeness (QED) is 0.685. The predicted molar refractivity (Wildman–Crippen MR) is 94.3 cm³/mol. The van der Waals surface area contributed by atoms with Crippen molar-refractivity contribution in [2.75, 3.05) is 0 Å². The van der Waals surface area contributed by atoms with Crippen molar-refractivity contribution in [2.45, 2.75) is 4.90 Å². The van der Waals surface area contributed by atoms with Crippen LogP contribution < -0.4 is 4.74 Å². The lowest BCUT2D eigenvalue weighted by Crippen LogP contribution is -2.03. The summed E-state index contributed by atoms with van der Waals surface area (Å²) < 4.78 is 6.20. The highest BCUT2D eigenvalue weighted by Gasteiger charge is 2.22. The minimum absolute atomic E-state index is 0.250. The standard InChI is InChI=1S/C20H14O2S/c21-16-12-10-14(11-13-16)19-20(15-6-2-1-3-7-15)23-18-9-5-4-8-17(18)22-19/h1-13,21H.